The molecule has 1 atom stereocenters. The van der Waals surface area contributed by atoms with E-state index in [1.165, 1.54) is 199 Å². The van der Waals surface area contributed by atoms with Crippen LogP contribution in [0.15, 0.2) is 48.6 Å². The average molecular weight is 968 g/mol. The lowest BCUT2D eigenvalue weighted by molar-refractivity contribution is -0.167. The van der Waals surface area contributed by atoms with Gasteiger partial charge in [-0.25, -0.2) is 0 Å². The molecule has 0 bridgehead atoms. The van der Waals surface area contributed by atoms with E-state index in [0.29, 0.717) is 19.3 Å². The van der Waals surface area contributed by atoms with E-state index in [1.807, 2.05) is 0 Å². The van der Waals surface area contributed by atoms with Crippen LogP contribution in [0.25, 0.3) is 0 Å². The molecule has 0 rings (SSSR count). The Morgan fingerprint density at radius 1 is 0.290 bits per heavy atom. The molecule has 69 heavy (non-hydrogen) atoms. The summed E-state index contributed by atoms with van der Waals surface area (Å²) in [5.74, 6) is -0.877. The van der Waals surface area contributed by atoms with Crippen LogP contribution < -0.4 is 0 Å². The quantitative estimate of drug-likeness (QED) is 0.0262. The summed E-state index contributed by atoms with van der Waals surface area (Å²) in [7, 11) is 0. The molecular weight excluding hydrogens is 853 g/mol. The van der Waals surface area contributed by atoms with E-state index in [9.17, 15) is 14.4 Å². The third kappa shape index (κ3) is 56.2. The molecule has 0 aliphatic rings. The third-order valence-corrected chi connectivity index (χ3v) is 13.3. The van der Waals surface area contributed by atoms with Crippen molar-refractivity contribution in [3.05, 3.63) is 48.6 Å². The molecule has 0 aliphatic heterocycles. The first kappa shape index (κ1) is 66.4. The van der Waals surface area contributed by atoms with Crippen molar-refractivity contribution < 1.29 is 28.6 Å². The van der Waals surface area contributed by atoms with E-state index in [1.54, 1.807) is 0 Å². The van der Waals surface area contributed by atoms with Crippen molar-refractivity contribution in [2.75, 3.05) is 13.2 Å². The predicted octanol–water partition coefficient (Wildman–Crippen LogP) is 20.2. The van der Waals surface area contributed by atoms with Gasteiger partial charge < -0.3 is 14.2 Å². The molecule has 1 unspecified atom stereocenters. The number of allylic oxidation sites excluding steroid dienone is 8. The van der Waals surface area contributed by atoms with Gasteiger partial charge in [-0.05, 0) is 83.5 Å². The molecule has 0 aromatic heterocycles. The van der Waals surface area contributed by atoms with Crippen LogP contribution in [0.1, 0.15) is 316 Å². The summed E-state index contributed by atoms with van der Waals surface area (Å²) in [6.45, 7) is 6.60. The van der Waals surface area contributed by atoms with E-state index in [0.717, 1.165) is 77.0 Å². The number of esters is 3. The van der Waals surface area contributed by atoms with Crippen molar-refractivity contribution in [1.29, 1.82) is 0 Å². The van der Waals surface area contributed by atoms with Crippen molar-refractivity contribution in [1.82, 2.24) is 0 Å². The zero-order valence-electron chi connectivity index (χ0n) is 46.1. The van der Waals surface area contributed by atoms with Crippen LogP contribution in [-0.2, 0) is 28.6 Å². The fraction of sp³-hybridized carbons (Fsp3) is 0.825. The molecule has 0 amide bonds. The molecule has 402 valence electrons. The Balaban J connectivity index is 4.07. The van der Waals surface area contributed by atoms with Crippen LogP contribution in [0.5, 0.6) is 0 Å². The normalized spacial score (nSPS) is 12.3. The van der Waals surface area contributed by atoms with Crippen molar-refractivity contribution >= 4 is 17.9 Å². The van der Waals surface area contributed by atoms with Crippen LogP contribution in [0.4, 0.5) is 0 Å². The second-order valence-corrected chi connectivity index (χ2v) is 20.3. The van der Waals surface area contributed by atoms with Crippen LogP contribution in [-0.4, -0.2) is 37.2 Å². The Morgan fingerprint density at radius 2 is 0.522 bits per heavy atom. The number of carbonyl (C=O) groups excluding carboxylic acids is 3. The van der Waals surface area contributed by atoms with Gasteiger partial charge >= 0.3 is 17.9 Å². The van der Waals surface area contributed by atoms with Gasteiger partial charge in [-0.1, -0.05) is 262 Å². The van der Waals surface area contributed by atoms with Crippen molar-refractivity contribution in [3.8, 4) is 0 Å². The topological polar surface area (TPSA) is 78.9 Å². The van der Waals surface area contributed by atoms with Gasteiger partial charge in [0.1, 0.15) is 13.2 Å². The van der Waals surface area contributed by atoms with Gasteiger partial charge in [0.15, 0.2) is 6.10 Å². The maximum absolute atomic E-state index is 12.8. The Morgan fingerprint density at radius 3 is 0.826 bits per heavy atom. The highest BCUT2D eigenvalue weighted by Gasteiger charge is 2.19. The lowest BCUT2D eigenvalue weighted by Crippen LogP contribution is -2.30. The van der Waals surface area contributed by atoms with Crippen LogP contribution in [0.3, 0.4) is 0 Å². The number of hydrogen-bond donors (Lipinski definition) is 0. The van der Waals surface area contributed by atoms with Crippen molar-refractivity contribution in [2.24, 2.45) is 0 Å². The van der Waals surface area contributed by atoms with Gasteiger partial charge in [0.05, 0.1) is 0 Å². The van der Waals surface area contributed by atoms with E-state index in [-0.39, 0.29) is 31.1 Å². The SMILES string of the molecule is CCCCCCC/C=C\C/C=C\C/C=C\CCCCCCCCCCCCCCCCC(=O)OCC(COC(=O)CCCCCCCCC)OC(=O)CCCCCCC/C=C\CCCCCCCC. The number of unbranched alkanes of at least 4 members (excludes halogenated alkanes) is 36. The van der Waals surface area contributed by atoms with E-state index < -0.39 is 6.10 Å². The molecule has 0 N–H and O–H groups in total. The highest BCUT2D eigenvalue weighted by molar-refractivity contribution is 5.71. The van der Waals surface area contributed by atoms with Crippen molar-refractivity contribution in [2.45, 2.75) is 322 Å². The summed E-state index contributed by atoms with van der Waals surface area (Å²) < 4.78 is 16.8. The smallest absolute Gasteiger partial charge is 0.306 e. The average Bonchev–Trinajstić information content (AvgIpc) is 3.35. The van der Waals surface area contributed by atoms with Gasteiger partial charge in [-0.3, -0.25) is 14.4 Å². The van der Waals surface area contributed by atoms with Crippen molar-refractivity contribution in [3.63, 3.8) is 0 Å². The molecule has 0 fully saturated rings. The molecule has 0 aromatic carbocycles. The number of carbonyl (C=O) groups is 3. The summed E-state index contributed by atoms with van der Waals surface area (Å²) in [4.78, 5) is 37.9. The Kier molecular flexibility index (Phi) is 55.7. The molecule has 0 spiro atoms. The van der Waals surface area contributed by atoms with Crippen LogP contribution >= 0.6 is 0 Å². The minimum Gasteiger partial charge on any atom is -0.462 e. The Hall–Kier alpha value is -2.63. The standard InChI is InChI=1S/C63H114O6/c1-4-7-10-13-16-18-20-22-24-25-26-27-28-29-30-31-32-33-34-35-36-37-39-40-42-44-47-50-53-56-62(65)68-59-60(58-67-61(64)55-52-49-46-15-12-9-6-3)69-63(66)57-54-51-48-45-43-41-38-23-21-19-17-14-11-8-5-2/h20,22-23,25-26,28-29,38,60H,4-19,21,24,27,30-37,39-59H2,1-3H3/b22-20-,26-25-,29-28-,38-23-. The highest BCUT2D eigenvalue weighted by atomic mass is 16.6. The summed E-state index contributed by atoms with van der Waals surface area (Å²) >= 11 is 0. The zero-order chi connectivity index (χ0) is 50.0. The Bertz CT molecular complexity index is 1200. The molecule has 0 heterocycles. The molecule has 0 saturated carbocycles. The molecule has 0 aromatic rings. The molecule has 6 nitrogen and oxygen atoms in total. The van der Waals surface area contributed by atoms with Crippen LogP contribution in [0, 0.1) is 0 Å². The van der Waals surface area contributed by atoms with E-state index in [4.69, 9.17) is 14.2 Å². The minimum atomic E-state index is -0.773. The fourth-order valence-corrected chi connectivity index (χ4v) is 8.74. The highest BCUT2D eigenvalue weighted by Crippen LogP contribution is 2.16. The van der Waals surface area contributed by atoms with Gasteiger partial charge in [0, 0.05) is 19.3 Å². The largest absolute Gasteiger partial charge is 0.462 e. The van der Waals surface area contributed by atoms with Gasteiger partial charge in [0.2, 0.25) is 0 Å². The zero-order valence-corrected chi connectivity index (χ0v) is 46.1. The Labute approximate surface area is 428 Å². The number of ether oxygens (including phenoxy) is 3. The second-order valence-electron chi connectivity index (χ2n) is 20.3. The van der Waals surface area contributed by atoms with Gasteiger partial charge in [0.25, 0.3) is 0 Å². The minimum absolute atomic E-state index is 0.0739. The lowest BCUT2D eigenvalue weighted by atomic mass is 10.0. The maximum atomic E-state index is 12.8. The lowest BCUT2D eigenvalue weighted by Gasteiger charge is -2.18. The predicted molar refractivity (Wildman–Crippen MR) is 298 cm³/mol. The van der Waals surface area contributed by atoms with Gasteiger partial charge in [-0.15, -0.1) is 0 Å². The van der Waals surface area contributed by atoms with E-state index >= 15 is 0 Å². The maximum Gasteiger partial charge on any atom is 0.306 e. The summed E-state index contributed by atoms with van der Waals surface area (Å²) in [5.41, 5.74) is 0. The first-order valence-corrected chi connectivity index (χ1v) is 30.1. The molecule has 0 radical (unpaired) electrons. The first-order chi connectivity index (χ1) is 34.0. The fourth-order valence-electron chi connectivity index (χ4n) is 8.74. The van der Waals surface area contributed by atoms with E-state index in [2.05, 4.69) is 69.4 Å². The monoisotopic (exact) mass is 967 g/mol. The summed E-state index contributed by atoms with van der Waals surface area (Å²) in [6.07, 6.45) is 71.4. The van der Waals surface area contributed by atoms with Crippen LogP contribution in [0.2, 0.25) is 0 Å². The number of rotatable bonds is 55. The summed E-state index contributed by atoms with van der Waals surface area (Å²) in [6, 6.07) is 0. The van der Waals surface area contributed by atoms with Gasteiger partial charge in [-0.2, -0.15) is 0 Å². The summed E-state index contributed by atoms with van der Waals surface area (Å²) in [5, 5.41) is 0. The second kappa shape index (κ2) is 57.9. The molecule has 0 aliphatic carbocycles. The third-order valence-electron chi connectivity index (χ3n) is 13.3. The first-order valence-electron chi connectivity index (χ1n) is 30.1. The molecular formula is C63H114O6. The number of hydrogen-bond acceptors (Lipinski definition) is 6. The molecule has 0 saturated heterocycles. The molecule has 6 heteroatoms.